The van der Waals surface area contributed by atoms with Gasteiger partial charge in [0.2, 0.25) is 0 Å². The second kappa shape index (κ2) is 16.5. The van der Waals surface area contributed by atoms with Crippen LogP contribution in [0.5, 0.6) is 0 Å². The van der Waals surface area contributed by atoms with Crippen molar-refractivity contribution in [2.45, 2.75) is 165 Å². The Balaban J connectivity index is 1.16. The zero-order valence-corrected chi connectivity index (χ0v) is 51.0. The zero-order chi connectivity index (χ0) is 55.3. The highest BCUT2D eigenvalue weighted by atomic mass is 32.1. The van der Waals surface area contributed by atoms with Gasteiger partial charge in [-0.05, 0) is 174 Å². The van der Waals surface area contributed by atoms with Crippen molar-refractivity contribution in [2.75, 3.05) is 27.8 Å². The molecule has 398 valence electrons. The van der Waals surface area contributed by atoms with Gasteiger partial charge in [0.15, 0.2) is 0 Å². The number of hydrogen-bond acceptors (Lipinski definition) is 4. The van der Waals surface area contributed by atoms with Crippen LogP contribution in [0.25, 0.3) is 21.2 Å². The summed E-state index contributed by atoms with van der Waals surface area (Å²) < 4.78 is 2.80. The minimum atomic E-state index is -0.233. The molecule has 0 spiro atoms. The maximum absolute atomic E-state index is 2.77. The quantitative estimate of drug-likeness (QED) is 0.163. The number of fused-ring (bicyclic) bond motifs is 8. The van der Waals surface area contributed by atoms with Crippen LogP contribution < -0.4 is 30.4 Å². The van der Waals surface area contributed by atoms with Crippen molar-refractivity contribution in [1.29, 1.82) is 0 Å². The molecule has 0 saturated heterocycles. The summed E-state index contributed by atoms with van der Waals surface area (Å²) >= 11 is 2.04. The second-order valence-corrected chi connectivity index (χ2v) is 31.4. The lowest BCUT2D eigenvalue weighted by Gasteiger charge is -2.49. The van der Waals surface area contributed by atoms with E-state index in [1.54, 1.807) is 0 Å². The van der Waals surface area contributed by atoms with E-state index in [2.05, 4.69) is 261 Å². The molecule has 78 heavy (non-hydrogen) atoms. The number of thiophene rings is 1. The first-order valence-corrected chi connectivity index (χ1v) is 30.0. The van der Waals surface area contributed by atoms with Crippen LogP contribution in [0.2, 0.25) is 0 Å². The molecule has 5 heterocycles. The first kappa shape index (κ1) is 51.4. The third-order valence-electron chi connectivity index (χ3n) is 19.0. The van der Waals surface area contributed by atoms with Crippen LogP contribution in [-0.4, -0.2) is 19.8 Å². The Hall–Kier alpha value is -6.04. The summed E-state index contributed by atoms with van der Waals surface area (Å²) in [5, 5.41) is 1.36. The highest BCUT2D eigenvalue weighted by Gasteiger charge is 2.50. The summed E-state index contributed by atoms with van der Waals surface area (Å²) in [7, 11) is 0. The Morgan fingerprint density at radius 1 is 0.487 bits per heavy atom. The third-order valence-corrected chi connectivity index (χ3v) is 20.2. The molecule has 3 nitrogen and oxygen atoms in total. The Morgan fingerprint density at radius 2 is 1.01 bits per heavy atom. The van der Waals surface area contributed by atoms with Gasteiger partial charge in [-0.1, -0.05) is 184 Å². The summed E-state index contributed by atoms with van der Waals surface area (Å²) in [6, 6.07) is 49.4. The van der Waals surface area contributed by atoms with Crippen molar-refractivity contribution >= 4 is 83.6 Å². The van der Waals surface area contributed by atoms with Gasteiger partial charge >= 0.3 is 0 Å². The van der Waals surface area contributed by atoms with Gasteiger partial charge in [0.1, 0.15) is 0 Å². The van der Waals surface area contributed by atoms with Gasteiger partial charge in [0.05, 0.1) is 11.4 Å². The lowest BCUT2D eigenvalue weighted by Crippen LogP contribution is -2.61. The monoisotopic (exact) mass is 1040 g/mol. The van der Waals surface area contributed by atoms with Gasteiger partial charge in [-0.25, -0.2) is 0 Å². The summed E-state index contributed by atoms with van der Waals surface area (Å²) in [6.45, 7) is 45.5. The Morgan fingerprint density at radius 3 is 1.59 bits per heavy atom. The van der Waals surface area contributed by atoms with E-state index >= 15 is 0 Å². The molecule has 0 saturated carbocycles. The minimum absolute atomic E-state index is 0.00215. The van der Waals surface area contributed by atoms with Crippen LogP contribution in [0.3, 0.4) is 0 Å². The van der Waals surface area contributed by atoms with E-state index in [-0.39, 0.29) is 44.6 Å². The van der Waals surface area contributed by atoms with Crippen molar-refractivity contribution in [2.24, 2.45) is 10.8 Å². The smallest absolute Gasteiger partial charge is 0.264 e. The molecule has 1 aromatic heterocycles. The van der Waals surface area contributed by atoms with Gasteiger partial charge in [0.25, 0.3) is 6.71 Å². The maximum atomic E-state index is 2.77. The van der Waals surface area contributed by atoms with Crippen molar-refractivity contribution in [3.05, 3.63) is 177 Å². The van der Waals surface area contributed by atoms with Crippen molar-refractivity contribution in [3.8, 4) is 11.1 Å². The second-order valence-electron chi connectivity index (χ2n) is 30.3. The van der Waals surface area contributed by atoms with E-state index in [1.807, 2.05) is 11.3 Å². The standard InChI is InChI=1S/C73H82BN3S/c1-43-31-60-63-61(32-43)77(58-29-27-48(68(5,6)7)35-51(58)44-23-25-47(26-24-44)67(2,3)4)59-38-56-55(72(15,16)53-21-19-20-22-54(53)73(56,17)18)37-57(59)74(63)66-65(52-36-49(69(8,9)10)28-30-62(52)78-66)76(60)50-33-45-39-70(11,12)41-75-42-71(13,14)40-46(34-50)64(45)75/h19-38H,39-42H2,1-18H3. The van der Waals surface area contributed by atoms with E-state index in [0.29, 0.717) is 0 Å². The van der Waals surface area contributed by atoms with Gasteiger partial charge in [-0.3, -0.25) is 0 Å². The van der Waals surface area contributed by atoms with Crippen LogP contribution in [0.1, 0.15) is 173 Å². The number of aryl methyl sites for hydroxylation is 1. The first-order valence-electron chi connectivity index (χ1n) is 29.2. The van der Waals surface area contributed by atoms with Crippen LogP contribution in [-0.2, 0) is 39.9 Å². The molecule has 0 bridgehead atoms. The average molecular weight is 1040 g/mol. The Labute approximate surface area is 472 Å². The van der Waals surface area contributed by atoms with Crippen LogP contribution in [0.4, 0.5) is 39.8 Å². The van der Waals surface area contributed by atoms with Crippen LogP contribution in [0.15, 0.2) is 121 Å². The average Bonchev–Trinajstić information content (AvgIpc) is 3.79. The fourth-order valence-corrected chi connectivity index (χ4v) is 16.4. The lowest BCUT2D eigenvalue weighted by molar-refractivity contribution is 0.289. The summed E-state index contributed by atoms with van der Waals surface area (Å²) in [4.78, 5) is 8.25. The highest BCUT2D eigenvalue weighted by molar-refractivity contribution is 7.33. The fourth-order valence-electron chi connectivity index (χ4n) is 15.1. The normalized spacial score (nSPS) is 18.2. The predicted octanol–water partition coefficient (Wildman–Crippen LogP) is 17.8. The van der Waals surface area contributed by atoms with Gasteiger partial charge in [-0.2, -0.15) is 0 Å². The molecular formula is C73H82BN3S. The summed E-state index contributed by atoms with van der Waals surface area (Å²) in [5.74, 6) is 0. The van der Waals surface area contributed by atoms with E-state index in [4.69, 9.17) is 0 Å². The maximum Gasteiger partial charge on any atom is 0.264 e. The molecule has 5 heteroatoms. The summed E-state index contributed by atoms with van der Waals surface area (Å²) in [5.41, 5.74) is 28.4. The molecule has 0 radical (unpaired) electrons. The number of rotatable bonds is 3. The molecule has 0 atom stereocenters. The lowest BCUT2D eigenvalue weighted by atomic mass is 9.35. The number of anilines is 7. The van der Waals surface area contributed by atoms with E-state index in [1.165, 1.54) is 132 Å². The first-order chi connectivity index (χ1) is 36.4. The van der Waals surface area contributed by atoms with E-state index < -0.39 is 0 Å². The Bertz CT molecular complexity index is 3800. The molecule has 5 aliphatic rings. The molecule has 8 aromatic rings. The number of nitrogens with zero attached hydrogens (tertiary/aromatic N) is 3. The topological polar surface area (TPSA) is 9.72 Å². The molecule has 7 aromatic carbocycles. The molecule has 0 amide bonds. The fraction of sp³-hybridized carbons (Fsp3) is 0.397. The van der Waals surface area contributed by atoms with Crippen LogP contribution in [0, 0.1) is 17.8 Å². The molecular weight excluding hydrogens is 962 g/mol. The molecule has 13 rings (SSSR count). The highest BCUT2D eigenvalue weighted by Crippen LogP contribution is 2.56. The Kier molecular flexibility index (Phi) is 10.9. The third kappa shape index (κ3) is 7.77. The molecule has 0 unspecified atom stereocenters. The van der Waals surface area contributed by atoms with Crippen LogP contribution >= 0.6 is 11.3 Å². The van der Waals surface area contributed by atoms with Gasteiger partial charge in [0, 0.05) is 72.8 Å². The van der Waals surface area contributed by atoms with Crippen molar-refractivity contribution in [3.63, 3.8) is 0 Å². The predicted molar refractivity (Wildman–Crippen MR) is 340 cm³/mol. The molecule has 1 aliphatic carbocycles. The van der Waals surface area contributed by atoms with E-state index in [9.17, 15) is 0 Å². The molecule has 0 N–H and O–H groups in total. The van der Waals surface area contributed by atoms with Crippen molar-refractivity contribution in [1.82, 2.24) is 0 Å². The number of hydrogen-bond donors (Lipinski definition) is 0. The number of benzene rings is 7. The molecule has 0 fully saturated rings. The largest absolute Gasteiger partial charge is 0.370 e. The molecule has 4 aliphatic heterocycles. The summed E-state index contributed by atoms with van der Waals surface area (Å²) in [6.07, 6.45) is 2.14. The van der Waals surface area contributed by atoms with E-state index in [0.717, 1.165) is 25.9 Å². The minimum Gasteiger partial charge on any atom is -0.370 e. The SMILES string of the molecule is Cc1cc2c3c(c1)N(c1cc4c5c(c1)CC(C)(C)CN5CC(C)(C)C4)c1c(sc4ccc(C(C)(C)C)cc14)B3c1cc3c(cc1N2c1ccc(C(C)(C)C)cc1-c1ccc(C(C)(C)C)cc1)C(C)(C)c1ccccc1C3(C)C. The van der Waals surface area contributed by atoms with Gasteiger partial charge < -0.3 is 14.7 Å². The van der Waals surface area contributed by atoms with Crippen molar-refractivity contribution < 1.29 is 0 Å². The zero-order valence-electron chi connectivity index (χ0n) is 50.2. The van der Waals surface area contributed by atoms with Gasteiger partial charge in [-0.15, -0.1) is 11.3 Å².